The highest BCUT2D eigenvalue weighted by atomic mass is 32.2. The minimum atomic E-state index is -0.441. The number of nitrogens with zero attached hydrogens (tertiary/aromatic N) is 2. The van der Waals surface area contributed by atoms with Gasteiger partial charge in [0.1, 0.15) is 10.4 Å². The SMILES string of the molecule is O=c1cc(O)c2sc(SCc3ccc([N+](=O)[O-])cc3)nc2[nH]1. The number of nitro groups is 1. The number of nitro benzene ring substituents is 1. The van der Waals surface area contributed by atoms with Gasteiger partial charge in [-0.2, -0.15) is 0 Å². The first-order valence-electron chi connectivity index (χ1n) is 6.12. The van der Waals surface area contributed by atoms with Crippen molar-refractivity contribution in [3.05, 3.63) is 56.4 Å². The molecule has 2 aromatic heterocycles. The van der Waals surface area contributed by atoms with Gasteiger partial charge in [-0.1, -0.05) is 23.9 Å². The summed E-state index contributed by atoms with van der Waals surface area (Å²) in [5, 5.41) is 20.3. The van der Waals surface area contributed by atoms with Crippen molar-refractivity contribution in [1.29, 1.82) is 0 Å². The first-order chi connectivity index (χ1) is 10.5. The van der Waals surface area contributed by atoms with Crippen molar-refractivity contribution in [3.8, 4) is 5.75 Å². The van der Waals surface area contributed by atoms with Crippen molar-refractivity contribution in [2.24, 2.45) is 0 Å². The number of rotatable bonds is 4. The lowest BCUT2D eigenvalue weighted by Gasteiger charge is -1.98. The summed E-state index contributed by atoms with van der Waals surface area (Å²) in [6.45, 7) is 0. The van der Waals surface area contributed by atoms with Crippen molar-refractivity contribution in [1.82, 2.24) is 9.97 Å². The van der Waals surface area contributed by atoms with Crippen LogP contribution in [0.2, 0.25) is 0 Å². The van der Waals surface area contributed by atoms with E-state index in [0.29, 0.717) is 20.4 Å². The summed E-state index contributed by atoms with van der Waals surface area (Å²) < 4.78 is 1.23. The molecule has 0 fully saturated rings. The van der Waals surface area contributed by atoms with Gasteiger partial charge in [0.15, 0.2) is 9.99 Å². The molecular formula is C13H9N3O4S2. The van der Waals surface area contributed by atoms with Crippen LogP contribution in [0.4, 0.5) is 5.69 Å². The van der Waals surface area contributed by atoms with Crippen LogP contribution in [0, 0.1) is 10.1 Å². The van der Waals surface area contributed by atoms with E-state index in [2.05, 4.69) is 9.97 Å². The Morgan fingerprint density at radius 1 is 1.36 bits per heavy atom. The highest BCUT2D eigenvalue weighted by molar-refractivity contribution is 8.00. The number of nitrogens with one attached hydrogen (secondary N) is 1. The van der Waals surface area contributed by atoms with Gasteiger partial charge in [0.25, 0.3) is 11.2 Å². The Balaban J connectivity index is 1.77. The van der Waals surface area contributed by atoms with Crippen molar-refractivity contribution in [2.45, 2.75) is 10.1 Å². The van der Waals surface area contributed by atoms with Gasteiger partial charge < -0.3 is 10.1 Å². The number of aromatic amines is 1. The van der Waals surface area contributed by atoms with Crippen molar-refractivity contribution in [3.63, 3.8) is 0 Å². The summed E-state index contributed by atoms with van der Waals surface area (Å²) in [6.07, 6.45) is 0. The van der Waals surface area contributed by atoms with E-state index in [1.807, 2.05) is 0 Å². The minimum absolute atomic E-state index is 0.0521. The largest absolute Gasteiger partial charge is 0.506 e. The number of thiazole rings is 1. The summed E-state index contributed by atoms with van der Waals surface area (Å²) in [5.41, 5.74) is 0.937. The van der Waals surface area contributed by atoms with E-state index >= 15 is 0 Å². The van der Waals surface area contributed by atoms with E-state index in [0.717, 1.165) is 11.6 Å². The molecule has 0 aliphatic heterocycles. The number of benzene rings is 1. The first kappa shape index (κ1) is 14.5. The third kappa shape index (κ3) is 2.95. The number of thioether (sulfide) groups is 1. The van der Waals surface area contributed by atoms with Crippen LogP contribution in [0.15, 0.2) is 39.5 Å². The summed E-state index contributed by atoms with van der Waals surface area (Å²) >= 11 is 2.72. The van der Waals surface area contributed by atoms with Crippen LogP contribution in [-0.4, -0.2) is 20.0 Å². The van der Waals surface area contributed by atoms with Gasteiger partial charge in [-0.05, 0) is 5.56 Å². The molecule has 9 heteroatoms. The third-order valence-electron chi connectivity index (χ3n) is 2.86. The lowest BCUT2D eigenvalue weighted by molar-refractivity contribution is -0.384. The standard InChI is InChI=1S/C13H9N3O4S2/c17-9-5-10(18)14-12-11(9)22-13(15-12)21-6-7-1-3-8(4-2-7)16(19)20/h1-5H,6H2,(H2,14,17,18). The van der Waals surface area contributed by atoms with Gasteiger partial charge in [-0.15, -0.1) is 11.3 Å². The van der Waals surface area contributed by atoms with E-state index in [-0.39, 0.29) is 11.4 Å². The molecule has 22 heavy (non-hydrogen) atoms. The van der Waals surface area contributed by atoms with Crippen molar-refractivity contribution < 1.29 is 10.0 Å². The van der Waals surface area contributed by atoms with Crippen LogP contribution in [0.5, 0.6) is 5.75 Å². The molecule has 2 N–H and O–H groups in total. The Morgan fingerprint density at radius 3 is 2.77 bits per heavy atom. The van der Waals surface area contributed by atoms with Crippen LogP contribution < -0.4 is 5.56 Å². The van der Waals surface area contributed by atoms with Crippen molar-refractivity contribution in [2.75, 3.05) is 0 Å². The molecule has 2 heterocycles. The molecule has 3 aromatic rings. The number of hydrogen-bond acceptors (Lipinski definition) is 7. The zero-order valence-corrected chi connectivity index (χ0v) is 12.6. The minimum Gasteiger partial charge on any atom is -0.506 e. The second-order valence-electron chi connectivity index (χ2n) is 4.39. The van der Waals surface area contributed by atoms with Gasteiger partial charge >= 0.3 is 0 Å². The number of pyridine rings is 1. The molecule has 0 saturated carbocycles. The molecule has 0 saturated heterocycles. The zero-order valence-electron chi connectivity index (χ0n) is 11.0. The Kier molecular flexibility index (Phi) is 3.82. The second-order valence-corrected chi connectivity index (χ2v) is 6.61. The van der Waals surface area contributed by atoms with Crippen LogP contribution in [0.3, 0.4) is 0 Å². The van der Waals surface area contributed by atoms with Gasteiger partial charge in [0, 0.05) is 24.0 Å². The Labute approximate surface area is 131 Å². The highest BCUT2D eigenvalue weighted by Crippen LogP contribution is 2.34. The molecular weight excluding hydrogens is 326 g/mol. The fraction of sp³-hybridized carbons (Fsp3) is 0.0769. The molecule has 112 valence electrons. The summed E-state index contributed by atoms with van der Waals surface area (Å²) in [7, 11) is 0. The van der Waals surface area contributed by atoms with Crippen LogP contribution in [0.1, 0.15) is 5.56 Å². The number of aromatic nitrogens is 2. The molecule has 0 aliphatic carbocycles. The summed E-state index contributed by atoms with van der Waals surface area (Å²) in [5.74, 6) is 0.501. The molecule has 0 spiro atoms. The topological polar surface area (TPSA) is 109 Å². The number of hydrogen-bond donors (Lipinski definition) is 2. The molecule has 0 amide bonds. The van der Waals surface area contributed by atoms with Crippen LogP contribution in [-0.2, 0) is 5.75 Å². The third-order valence-corrected chi connectivity index (χ3v) is 5.15. The molecule has 0 unspecified atom stereocenters. The normalized spacial score (nSPS) is 10.9. The predicted octanol–water partition coefficient (Wildman–Crippen LogP) is 2.89. The van der Waals surface area contributed by atoms with E-state index < -0.39 is 10.5 Å². The average molecular weight is 335 g/mol. The fourth-order valence-electron chi connectivity index (χ4n) is 1.82. The van der Waals surface area contributed by atoms with Gasteiger partial charge in [-0.3, -0.25) is 14.9 Å². The van der Waals surface area contributed by atoms with Gasteiger partial charge in [0.2, 0.25) is 0 Å². The van der Waals surface area contributed by atoms with Crippen LogP contribution >= 0.6 is 23.1 Å². The number of non-ortho nitro benzene ring substituents is 1. The molecule has 0 bridgehead atoms. The average Bonchev–Trinajstić information content (AvgIpc) is 2.89. The Morgan fingerprint density at radius 2 is 2.09 bits per heavy atom. The second kappa shape index (κ2) is 5.78. The smallest absolute Gasteiger partial charge is 0.269 e. The lowest BCUT2D eigenvalue weighted by Crippen LogP contribution is -2.02. The molecule has 1 aromatic carbocycles. The number of H-pyrrole nitrogens is 1. The van der Waals surface area contributed by atoms with E-state index in [1.54, 1.807) is 12.1 Å². The monoisotopic (exact) mass is 335 g/mol. The molecule has 3 rings (SSSR count). The van der Waals surface area contributed by atoms with Crippen LogP contribution in [0.25, 0.3) is 10.3 Å². The number of aromatic hydroxyl groups is 1. The molecule has 0 aliphatic rings. The first-order valence-corrected chi connectivity index (χ1v) is 7.92. The summed E-state index contributed by atoms with van der Waals surface area (Å²) in [6, 6.07) is 7.41. The lowest BCUT2D eigenvalue weighted by atomic mass is 10.2. The van der Waals surface area contributed by atoms with E-state index in [4.69, 9.17) is 0 Å². The highest BCUT2D eigenvalue weighted by Gasteiger charge is 2.10. The molecule has 0 radical (unpaired) electrons. The van der Waals surface area contributed by atoms with E-state index in [9.17, 15) is 20.0 Å². The maximum atomic E-state index is 11.3. The maximum Gasteiger partial charge on any atom is 0.269 e. The molecule has 0 atom stereocenters. The zero-order chi connectivity index (χ0) is 15.7. The van der Waals surface area contributed by atoms with Crippen molar-refractivity contribution >= 4 is 39.1 Å². The summed E-state index contributed by atoms with van der Waals surface area (Å²) in [4.78, 5) is 28.2. The number of fused-ring (bicyclic) bond motifs is 1. The maximum absolute atomic E-state index is 11.3. The van der Waals surface area contributed by atoms with Gasteiger partial charge in [0.05, 0.1) is 4.92 Å². The quantitative estimate of drug-likeness (QED) is 0.431. The Bertz CT molecular complexity index is 902. The fourth-order valence-corrected chi connectivity index (χ4v) is 3.79. The molecule has 7 nitrogen and oxygen atoms in total. The predicted molar refractivity (Wildman–Crippen MR) is 84.6 cm³/mol. The Hall–Kier alpha value is -2.39. The van der Waals surface area contributed by atoms with Gasteiger partial charge in [-0.25, -0.2) is 4.98 Å². The van der Waals surface area contributed by atoms with E-state index in [1.165, 1.54) is 35.2 Å².